The Kier molecular flexibility index (Phi) is 4.96. The van der Waals surface area contributed by atoms with E-state index in [-0.39, 0.29) is 12.5 Å². The lowest BCUT2D eigenvalue weighted by Gasteiger charge is -2.31. The van der Waals surface area contributed by atoms with Gasteiger partial charge in [0.05, 0.1) is 19.2 Å². The number of hydrogen-bond donors (Lipinski definition) is 2. The fraction of sp³-hybridized carbons (Fsp3) is 0.143. The number of carbonyl (C=O) groups is 3. The predicted octanol–water partition coefficient (Wildman–Crippen LogP) is 3.60. The molecule has 8 heteroatoms. The molecule has 4 aromatic rings. The molecule has 1 aromatic heterocycles. The monoisotopic (exact) mass is 478 g/mol. The van der Waals surface area contributed by atoms with Crippen molar-refractivity contribution >= 4 is 28.7 Å². The number of nitrogens with one attached hydrogen (secondary N) is 2. The highest BCUT2D eigenvalue weighted by atomic mass is 16.5. The van der Waals surface area contributed by atoms with Crippen molar-refractivity contribution in [3.63, 3.8) is 0 Å². The van der Waals surface area contributed by atoms with E-state index in [1.54, 1.807) is 30.3 Å². The van der Waals surface area contributed by atoms with E-state index in [2.05, 4.69) is 15.6 Å². The number of pyridine rings is 1. The molecule has 0 radical (unpaired) electrons. The van der Waals surface area contributed by atoms with E-state index in [0.29, 0.717) is 23.4 Å². The predicted molar refractivity (Wildman–Crippen MR) is 133 cm³/mol. The minimum Gasteiger partial charge on any atom is -0.497 e. The first-order chi connectivity index (χ1) is 17.5. The number of aromatic nitrogens is 1. The van der Waals surface area contributed by atoms with Crippen LogP contribution >= 0.6 is 0 Å². The van der Waals surface area contributed by atoms with Crippen LogP contribution in [0.2, 0.25) is 0 Å². The maximum Gasteiger partial charge on any atom is 0.322 e. The number of amides is 4. The maximum absolute atomic E-state index is 13.2. The number of methoxy groups -OCH3 is 1. The number of rotatable bonds is 5. The molecule has 4 amide bonds. The summed E-state index contributed by atoms with van der Waals surface area (Å²) in [6, 6.07) is 22.1. The third-order valence-electron chi connectivity index (χ3n) is 6.89. The average molecular weight is 479 g/mol. The van der Waals surface area contributed by atoms with E-state index in [1.165, 1.54) is 0 Å². The quantitative estimate of drug-likeness (QED) is 0.427. The Labute approximate surface area is 206 Å². The summed E-state index contributed by atoms with van der Waals surface area (Å²) < 4.78 is 5.25. The van der Waals surface area contributed by atoms with Crippen molar-refractivity contribution in [2.24, 2.45) is 0 Å². The summed E-state index contributed by atoms with van der Waals surface area (Å²) >= 11 is 0. The molecular formula is C28H22N4O4. The molecule has 1 fully saturated rings. The summed E-state index contributed by atoms with van der Waals surface area (Å²) in [6.07, 6.45) is 1.76. The Morgan fingerprint density at radius 2 is 1.78 bits per heavy atom. The Morgan fingerprint density at radius 3 is 2.53 bits per heavy atom. The van der Waals surface area contributed by atoms with Crippen LogP contribution in [0.3, 0.4) is 0 Å². The fourth-order valence-electron chi connectivity index (χ4n) is 5.05. The number of fused-ring (bicyclic) bond motifs is 2. The molecule has 36 heavy (non-hydrogen) atoms. The fourth-order valence-corrected chi connectivity index (χ4v) is 5.05. The van der Waals surface area contributed by atoms with Gasteiger partial charge in [0, 0.05) is 29.3 Å². The van der Waals surface area contributed by atoms with Gasteiger partial charge in [0.1, 0.15) is 5.75 Å². The SMILES string of the molecule is COc1ccc2c(c1)C(=O)N(C[C@@]1(c3ccc(-c4cccc5cccnc45)cc3)NC(=O)NC1=O)C2. The molecule has 1 atom stereocenters. The molecule has 178 valence electrons. The van der Waals surface area contributed by atoms with Crippen LogP contribution in [0, 0.1) is 0 Å². The first-order valence-corrected chi connectivity index (χ1v) is 11.5. The molecule has 0 aliphatic carbocycles. The Morgan fingerprint density at radius 1 is 0.972 bits per heavy atom. The van der Waals surface area contributed by atoms with Crippen molar-refractivity contribution < 1.29 is 19.1 Å². The van der Waals surface area contributed by atoms with Crippen LogP contribution in [-0.4, -0.2) is 41.4 Å². The van der Waals surface area contributed by atoms with Gasteiger partial charge < -0.3 is 15.0 Å². The second kappa shape index (κ2) is 8.20. The highest BCUT2D eigenvalue weighted by Gasteiger charge is 2.50. The zero-order valence-electron chi connectivity index (χ0n) is 19.4. The standard InChI is InChI=1S/C28H22N4O4/c1-36-21-12-9-19-15-32(25(33)23(19)14-21)16-28(26(34)30-27(35)31-28)20-10-7-17(8-11-20)22-6-2-4-18-5-3-13-29-24(18)22/h2-14H,15-16H2,1H3,(H2,30,31,34,35)/t28-/m0/s1. The molecule has 1 saturated heterocycles. The molecule has 0 unspecified atom stereocenters. The van der Waals surface area contributed by atoms with E-state index in [0.717, 1.165) is 27.6 Å². The Balaban J connectivity index is 1.36. The van der Waals surface area contributed by atoms with Crippen molar-refractivity contribution in [2.75, 3.05) is 13.7 Å². The number of imide groups is 1. The number of para-hydroxylation sites is 1. The lowest BCUT2D eigenvalue weighted by molar-refractivity contribution is -0.124. The smallest absolute Gasteiger partial charge is 0.322 e. The summed E-state index contributed by atoms with van der Waals surface area (Å²) in [5.74, 6) is -0.117. The van der Waals surface area contributed by atoms with Gasteiger partial charge in [-0.15, -0.1) is 0 Å². The molecule has 0 bridgehead atoms. The molecule has 8 nitrogen and oxygen atoms in total. The molecule has 2 aliphatic rings. The Hall–Kier alpha value is -4.72. The first kappa shape index (κ1) is 21.8. The number of ether oxygens (including phenoxy) is 1. The number of nitrogens with zero attached hydrogens (tertiary/aromatic N) is 2. The summed E-state index contributed by atoms with van der Waals surface area (Å²) in [4.78, 5) is 44.7. The first-order valence-electron chi connectivity index (χ1n) is 11.5. The van der Waals surface area contributed by atoms with Crippen LogP contribution in [-0.2, 0) is 16.9 Å². The summed E-state index contributed by atoms with van der Waals surface area (Å²) in [5.41, 5.74) is 3.34. The molecule has 0 spiro atoms. The van der Waals surface area contributed by atoms with Crippen LogP contribution in [0.4, 0.5) is 4.79 Å². The zero-order valence-corrected chi connectivity index (χ0v) is 19.4. The number of hydrogen-bond acceptors (Lipinski definition) is 5. The van der Waals surface area contributed by atoms with Crippen molar-refractivity contribution in [3.8, 4) is 16.9 Å². The topological polar surface area (TPSA) is 101 Å². The van der Waals surface area contributed by atoms with Crippen LogP contribution in [0.5, 0.6) is 5.75 Å². The largest absolute Gasteiger partial charge is 0.497 e. The van der Waals surface area contributed by atoms with Gasteiger partial charge in [-0.3, -0.25) is 19.9 Å². The average Bonchev–Trinajstić information content (AvgIpc) is 3.38. The van der Waals surface area contributed by atoms with Crippen molar-refractivity contribution in [2.45, 2.75) is 12.1 Å². The summed E-state index contributed by atoms with van der Waals surface area (Å²) in [7, 11) is 1.55. The van der Waals surface area contributed by atoms with Gasteiger partial charge in [0.25, 0.3) is 11.8 Å². The number of urea groups is 1. The molecule has 2 N–H and O–H groups in total. The van der Waals surface area contributed by atoms with Gasteiger partial charge in [0.2, 0.25) is 0 Å². The lowest BCUT2D eigenvalue weighted by atomic mass is 9.87. The maximum atomic E-state index is 13.2. The van der Waals surface area contributed by atoms with Gasteiger partial charge in [-0.25, -0.2) is 4.79 Å². The van der Waals surface area contributed by atoms with E-state index in [4.69, 9.17) is 4.74 Å². The van der Waals surface area contributed by atoms with E-state index >= 15 is 0 Å². The van der Waals surface area contributed by atoms with Gasteiger partial charge in [-0.2, -0.15) is 0 Å². The van der Waals surface area contributed by atoms with Crippen LogP contribution in [0.15, 0.2) is 79.0 Å². The van der Waals surface area contributed by atoms with E-state index < -0.39 is 17.5 Å². The summed E-state index contributed by atoms with van der Waals surface area (Å²) in [6.45, 7) is 0.332. The van der Waals surface area contributed by atoms with E-state index in [1.807, 2.05) is 60.7 Å². The van der Waals surface area contributed by atoms with Crippen LogP contribution < -0.4 is 15.4 Å². The number of benzene rings is 3. The highest BCUT2D eigenvalue weighted by Crippen LogP contribution is 2.34. The second-order valence-corrected chi connectivity index (χ2v) is 8.96. The molecule has 0 saturated carbocycles. The molecule has 3 aromatic carbocycles. The minimum atomic E-state index is -1.41. The van der Waals surface area contributed by atoms with Gasteiger partial charge in [0.15, 0.2) is 5.54 Å². The molecule has 6 rings (SSSR count). The lowest BCUT2D eigenvalue weighted by Crippen LogP contribution is -2.52. The zero-order chi connectivity index (χ0) is 24.9. The van der Waals surface area contributed by atoms with E-state index in [9.17, 15) is 14.4 Å². The third kappa shape index (κ3) is 3.38. The van der Waals surface area contributed by atoms with Gasteiger partial charge in [-0.1, -0.05) is 54.6 Å². The normalized spacial score (nSPS) is 18.8. The van der Waals surface area contributed by atoms with Crippen molar-refractivity contribution in [1.29, 1.82) is 0 Å². The molecule has 2 aliphatic heterocycles. The van der Waals surface area contributed by atoms with Gasteiger partial charge >= 0.3 is 6.03 Å². The molecule has 3 heterocycles. The van der Waals surface area contributed by atoms with Crippen molar-refractivity contribution in [3.05, 3.63) is 95.7 Å². The van der Waals surface area contributed by atoms with Crippen LogP contribution in [0.25, 0.3) is 22.0 Å². The van der Waals surface area contributed by atoms with Gasteiger partial charge in [-0.05, 0) is 34.9 Å². The second-order valence-electron chi connectivity index (χ2n) is 8.96. The third-order valence-corrected chi connectivity index (χ3v) is 6.89. The highest BCUT2D eigenvalue weighted by molar-refractivity contribution is 6.08. The van der Waals surface area contributed by atoms with Crippen molar-refractivity contribution in [1.82, 2.24) is 20.5 Å². The Bertz CT molecular complexity index is 1540. The summed E-state index contributed by atoms with van der Waals surface area (Å²) in [5, 5.41) is 6.17. The molecular weight excluding hydrogens is 456 g/mol. The number of carbonyl (C=O) groups excluding carboxylic acids is 3. The van der Waals surface area contributed by atoms with Crippen LogP contribution in [0.1, 0.15) is 21.5 Å². The minimum absolute atomic E-state index is 0.00439.